The Balaban J connectivity index is 2.77. The average Bonchev–Trinajstić information content (AvgIpc) is 2.36. The minimum Gasteiger partial charge on any atom is -0.468 e. The van der Waals surface area contributed by atoms with E-state index in [0.29, 0.717) is 0 Å². The molecule has 0 aliphatic heterocycles. The monoisotopic (exact) mass is 234 g/mol. The largest absolute Gasteiger partial charge is 0.468 e. The topological polar surface area (TPSA) is 41.9 Å². The molecule has 4 nitrogen and oxygen atoms in total. The lowest BCUT2D eigenvalue weighted by Gasteiger charge is -2.14. The van der Waals surface area contributed by atoms with Gasteiger partial charge in [0.05, 0.1) is 12.8 Å². The fourth-order valence-corrected chi connectivity index (χ4v) is 1.46. The van der Waals surface area contributed by atoms with Crippen molar-refractivity contribution >= 4 is 11.7 Å². The maximum absolute atomic E-state index is 11.1. The summed E-state index contributed by atoms with van der Waals surface area (Å²) in [6.07, 6.45) is 0.815. The van der Waals surface area contributed by atoms with Crippen LogP contribution in [-0.2, 0) is 9.53 Å². The highest BCUT2D eigenvalue weighted by Crippen LogP contribution is 2.05. The van der Waals surface area contributed by atoms with Crippen LogP contribution in [0.4, 0.5) is 0 Å². The van der Waals surface area contributed by atoms with Gasteiger partial charge in [-0.25, -0.2) is 0 Å². The molecule has 0 spiro atoms. The van der Waals surface area contributed by atoms with E-state index in [1.54, 1.807) is 12.1 Å². The maximum Gasteiger partial charge on any atom is 0.327 e. The molecule has 0 bridgehead atoms. The molecule has 1 aromatic carbocycles. The molecule has 0 fully saturated rings. The molecule has 0 aliphatic carbocycles. The van der Waals surface area contributed by atoms with Crippen molar-refractivity contribution in [2.24, 2.45) is 5.10 Å². The summed E-state index contributed by atoms with van der Waals surface area (Å²) in [5.41, 5.74) is 2.03. The second kappa shape index (κ2) is 6.68. The van der Waals surface area contributed by atoms with Gasteiger partial charge in [-0.3, -0.25) is 9.80 Å². The zero-order chi connectivity index (χ0) is 12.7. The van der Waals surface area contributed by atoms with Crippen molar-refractivity contribution in [2.45, 2.75) is 13.3 Å². The molecule has 0 saturated heterocycles. The SMILES string of the molecule is CCC(=NN(C)CC(=O)OC)c1ccccc1. The van der Waals surface area contributed by atoms with Crippen LogP contribution in [0, 0.1) is 0 Å². The summed E-state index contributed by atoms with van der Waals surface area (Å²) in [5.74, 6) is -0.292. The first-order valence-electron chi connectivity index (χ1n) is 5.58. The van der Waals surface area contributed by atoms with Gasteiger partial charge in [0.15, 0.2) is 0 Å². The lowest BCUT2D eigenvalue weighted by Crippen LogP contribution is -2.23. The third-order valence-corrected chi connectivity index (χ3v) is 2.32. The van der Waals surface area contributed by atoms with Crippen molar-refractivity contribution < 1.29 is 9.53 Å². The number of carbonyl (C=O) groups is 1. The fraction of sp³-hybridized carbons (Fsp3) is 0.385. The molecule has 1 aromatic rings. The Morgan fingerprint density at radius 2 is 2.00 bits per heavy atom. The number of hydrogen-bond donors (Lipinski definition) is 0. The van der Waals surface area contributed by atoms with Gasteiger partial charge in [0.2, 0.25) is 0 Å². The van der Waals surface area contributed by atoms with Crippen LogP contribution in [0.1, 0.15) is 18.9 Å². The van der Waals surface area contributed by atoms with E-state index in [2.05, 4.69) is 9.84 Å². The van der Waals surface area contributed by atoms with E-state index >= 15 is 0 Å². The van der Waals surface area contributed by atoms with Crippen LogP contribution in [0.2, 0.25) is 0 Å². The number of methoxy groups -OCH3 is 1. The molecule has 0 aromatic heterocycles. The molecule has 0 atom stereocenters. The zero-order valence-electron chi connectivity index (χ0n) is 10.5. The first-order chi connectivity index (χ1) is 8.17. The standard InChI is InChI=1S/C13H18N2O2/c1-4-12(11-8-6-5-7-9-11)14-15(2)10-13(16)17-3/h5-9H,4,10H2,1-3H3. The van der Waals surface area contributed by atoms with Crippen LogP contribution < -0.4 is 0 Å². The predicted octanol–water partition coefficient (Wildman–Crippen LogP) is 1.91. The van der Waals surface area contributed by atoms with Crippen LogP contribution in [0.25, 0.3) is 0 Å². The highest BCUT2D eigenvalue weighted by Gasteiger charge is 2.06. The highest BCUT2D eigenvalue weighted by atomic mass is 16.5. The number of carbonyl (C=O) groups excluding carboxylic acids is 1. The van der Waals surface area contributed by atoms with E-state index < -0.39 is 0 Å². The normalized spacial score (nSPS) is 11.1. The Bertz CT molecular complexity index is 388. The number of esters is 1. The Hall–Kier alpha value is -1.84. The fourth-order valence-electron chi connectivity index (χ4n) is 1.46. The summed E-state index contributed by atoms with van der Waals surface area (Å²) in [6, 6.07) is 9.93. The van der Waals surface area contributed by atoms with Crippen molar-refractivity contribution in [1.82, 2.24) is 5.01 Å². The van der Waals surface area contributed by atoms with Gasteiger partial charge in [0, 0.05) is 7.05 Å². The quantitative estimate of drug-likeness (QED) is 0.444. The molecule has 1 rings (SSSR count). The van der Waals surface area contributed by atoms with Crippen LogP contribution in [0.3, 0.4) is 0 Å². The number of rotatable bonds is 5. The molecule has 4 heteroatoms. The molecule has 0 saturated carbocycles. The summed E-state index contributed by atoms with van der Waals surface area (Å²) >= 11 is 0. The van der Waals surface area contributed by atoms with Gasteiger partial charge in [-0.05, 0) is 12.0 Å². The minimum atomic E-state index is -0.292. The first kappa shape index (κ1) is 13.2. The van der Waals surface area contributed by atoms with Crippen molar-refractivity contribution in [3.05, 3.63) is 35.9 Å². The number of ether oxygens (including phenoxy) is 1. The summed E-state index contributed by atoms with van der Waals surface area (Å²) in [6.45, 7) is 2.20. The van der Waals surface area contributed by atoms with Crippen LogP contribution in [-0.4, -0.2) is 37.4 Å². The average molecular weight is 234 g/mol. The highest BCUT2D eigenvalue weighted by molar-refractivity contribution is 6.00. The third kappa shape index (κ3) is 4.26. The van der Waals surface area contributed by atoms with Crippen LogP contribution >= 0.6 is 0 Å². The van der Waals surface area contributed by atoms with Gasteiger partial charge in [0.1, 0.15) is 6.54 Å². The summed E-state index contributed by atoms with van der Waals surface area (Å²) in [4.78, 5) is 11.1. The molecule has 0 unspecified atom stereocenters. The predicted molar refractivity (Wildman–Crippen MR) is 67.9 cm³/mol. The summed E-state index contributed by atoms with van der Waals surface area (Å²) in [5, 5.41) is 6.00. The number of nitrogens with zero attached hydrogens (tertiary/aromatic N) is 2. The smallest absolute Gasteiger partial charge is 0.327 e. The van der Waals surface area contributed by atoms with E-state index in [1.807, 2.05) is 37.3 Å². The minimum absolute atomic E-state index is 0.160. The van der Waals surface area contributed by atoms with E-state index in [9.17, 15) is 4.79 Å². The zero-order valence-corrected chi connectivity index (χ0v) is 10.5. The van der Waals surface area contributed by atoms with E-state index in [4.69, 9.17) is 0 Å². The van der Waals surface area contributed by atoms with Crippen LogP contribution in [0.5, 0.6) is 0 Å². The molecule has 0 N–H and O–H groups in total. The van der Waals surface area contributed by atoms with Gasteiger partial charge in [0.25, 0.3) is 0 Å². The van der Waals surface area contributed by atoms with Crippen molar-refractivity contribution in [2.75, 3.05) is 20.7 Å². The molecule has 17 heavy (non-hydrogen) atoms. The molecular weight excluding hydrogens is 216 g/mol. The Labute approximate surface area is 102 Å². The summed E-state index contributed by atoms with van der Waals surface area (Å²) < 4.78 is 4.59. The molecular formula is C13H18N2O2. The Morgan fingerprint density at radius 3 is 2.53 bits per heavy atom. The number of benzene rings is 1. The molecule has 92 valence electrons. The van der Waals surface area contributed by atoms with Crippen molar-refractivity contribution in [1.29, 1.82) is 0 Å². The number of likely N-dealkylation sites (N-methyl/N-ethyl adjacent to an activating group) is 1. The summed E-state index contributed by atoms with van der Waals surface area (Å²) in [7, 11) is 3.13. The molecule has 0 aliphatic rings. The number of hydrogen-bond acceptors (Lipinski definition) is 4. The van der Waals surface area contributed by atoms with Gasteiger partial charge in [-0.15, -0.1) is 0 Å². The van der Waals surface area contributed by atoms with Gasteiger partial charge < -0.3 is 4.74 Å². The Kier molecular flexibility index (Phi) is 5.20. The lowest BCUT2D eigenvalue weighted by atomic mass is 10.1. The third-order valence-electron chi connectivity index (χ3n) is 2.32. The molecule has 0 heterocycles. The molecule has 0 radical (unpaired) electrons. The maximum atomic E-state index is 11.1. The van der Waals surface area contributed by atoms with E-state index in [1.165, 1.54) is 7.11 Å². The van der Waals surface area contributed by atoms with Gasteiger partial charge in [-0.2, -0.15) is 5.10 Å². The van der Waals surface area contributed by atoms with Crippen molar-refractivity contribution in [3.63, 3.8) is 0 Å². The number of hydrazone groups is 1. The van der Waals surface area contributed by atoms with Gasteiger partial charge in [-0.1, -0.05) is 37.3 Å². The van der Waals surface area contributed by atoms with Crippen LogP contribution in [0.15, 0.2) is 35.4 Å². The van der Waals surface area contributed by atoms with E-state index in [0.717, 1.165) is 17.7 Å². The Morgan fingerprint density at radius 1 is 1.35 bits per heavy atom. The first-order valence-corrected chi connectivity index (χ1v) is 5.58. The van der Waals surface area contributed by atoms with E-state index in [-0.39, 0.29) is 12.5 Å². The second-order valence-corrected chi connectivity index (χ2v) is 3.66. The second-order valence-electron chi connectivity index (χ2n) is 3.66. The van der Waals surface area contributed by atoms with Gasteiger partial charge >= 0.3 is 5.97 Å². The lowest BCUT2D eigenvalue weighted by molar-refractivity contribution is -0.141. The van der Waals surface area contributed by atoms with Crippen molar-refractivity contribution in [3.8, 4) is 0 Å². The molecule has 0 amide bonds.